The number of hydrogen-bond acceptors (Lipinski definition) is 5. The highest BCUT2D eigenvalue weighted by Crippen LogP contribution is 2.43. The number of carbonyl (C=O) groups is 2. The van der Waals surface area contributed by atoms with Crippen LogP contribution in [0.1, 0.15) is 36.6 Å². The van der Waals surface area contributed by atoms with Gasteiger partial charge in [-0.25, -0.2) is 0 Å². The van der Waals surface area contributed by atoms with E-state index in [1.54, 1.807) is 30.3 Å². The molecule has 0 aliphatic carbocycles. The summed E-state index contributed by atoms with van der Waals surface area (Å²) in [5.41, 5.74) is 2.57. The molecule has 1 saturated heterocycles. The first kappa shape index (κ1) is 24.1. The van der Waals surface area contributed by atoms with Crippen molar-refractivity contribution in [3.8, 4) is 11.5 Å². The van der Waals surface area contributed by atoms with Gasteiger partial charge in [-0.3, -0.25) is 14.5 Å². The lowest BCUT2D eigenvalue weighted by Crippen LogP contribution is -2.29. The standard InChI is InChI=1S/C29H29NO5/c1-18(2)17-35-22-14-12-20(13-15-22)26-25(27(31)23-10-5-6-11-24(23)34-4)28(32)29(33)30(26)21-9-7-8-19(3)16-21/h5-16,18,26,31H,17H2,1-4H3/b27-25+. The van der Waals surface area contributed by atoms with Gasteiger partial charge in [0.25, 0.3) is 11.7 Å². The van der Waals surface area contributed by atoms with E-state index < -0.39 is 17.7 Å². The van der Waals surface area contributed by atoms with Gasteiger partial charge in [0, 0.05) is 5.69 Å². The number of aliphatic hydroxyl groups is 1. The molecule has 35 heavy (non-hydrogen) atoms. The Morgan fingerprint density at radius 2 is 1.71 bits per heavy atom. The lowest BCUT2D eigenvalue weighted by atomic mass is 9.94. The number of Topliss-reactive ketones (excluding diaryl/α,β-unsaturated/α-hetero) is 1. The van der Waals surface area contributed by atoms with Crippen LogP contribution in [0.25, 0.3) is 5.76 Å². The zero-order valence-electron chi connectivity index (χ0n) is 20.3. The third-order valence-electron chi connectivity index (χ3n) is 5.87. The zero-order valence-corrected chi connectivity index (χ0v) is 20.3. The number of ether oxygens (including phenoxy) is 2. The Morgan fingerprint density at radius 1 is 1.00 bits per heavy atom. The van der Waals surface area contributed by atoms with Crippen LogP contribution in [0.2, 0.25) is 0 Å². The Morgan fingerprint density at radius 3 is 2.37 bits per heavy atom. The number of amides is 1. The fourth-order valence-electron chi connectivity index (χ4n) is 4.19. The molecule has 1 amide bonds. The van der Waals surface area contributed by atoms with Crippen LogP contribution in [0, 0.1) is 12.8 Å². The largest absolute Gasteiger partial charge is 0.507 e. The van der Waals surface area contributed by atoms with Crippen LogP contribution in [0.4, 0.5) is 5.69 Å². The summed E-state index contributed by atoms with van der Waals surface area (Å²) in [5.74, 6) is -0.246. The first-order chi connectivity index (χ1) is 16.8. The number of benzene rings is 3. The summed E-state index contributed by atoms with van der Waals surface area (Å²) in [6, 6.07) is 20.7. The third-order valence-corrected chi connectivity index (χ3v) is 5.87. The molecule has 0 aromatic heterocycles. The van der Waals surface area contributed by atoms with E-state index in [0.29, 0.717) is 40.8 Å². The smallest absolute Gasteiger partial charge is 0.300 e. The topological polar surface area (TPSA) is 76.1 Å². The lowest BCUT2D eigenvalue weighted by molar-refractivity contribution is -0.132. The van der Waals surface area contributed by atoms with Gasteiger partial charge in [-0.1, -0.05) is 50.2 Å². The van der Waals surface area contributed by atoms with E-state index in [9.17, 15) is 14.7 Å². The van der Waals surface area contributed by atoms with Crippen molar-refractivity contribution in [3.05, 3.63) is 95.1 Å². The van der Waals surface area contributed by atoms with Crippen molar-refractivity contribution in [1.82, 2.24) is 0 Å². The van der Waals surface area contributed by atoms with Gasteiger partial charge >= 0.3 is 0 Å². The second-order valence-corrected chi connectivity index (χ2v) is 8.98. The van der Waals surface area contributed by atoms with Gasteiger partial charge in [0.15, 0.2) is 0 Å². The number of methoxy groups -OCH3 is 1. The molecule has 1 fully saturated rings. The molecule has 1 aliphatic rings. The minimum atomic E-state index is -0.819. The highest BCUT2D eigenvalue weighted by molar-refractivity contribution is 6.51. The van der Waals surface area contributed by atoms with Gasteiger partial charge < -0.3 is 14.6 Å². The van der Waals surface area contributed by atoms with Crippen molar-refractivity contribution >= 4 is 23.1 Å². The van der Waals surface area contributed by atoms with E-state index in [4.69, 9.17) is 9.47 Å². The van der Waals surface area contributed by atoms with Crippen molar-refractivity contribution in [2.45, 2.75) is 26.8 Å². The van der Waals surface area contributed by atoms with Crippen molar-refractivity contribution in [2.75, 3.05) is 18.6 Å². The molecule has 3 aromatic carbocycles. The van der Waals surface area contributed by atoms with Crippen molar-refractivity contribution in [3.63, 3.8) is 0 Å². The average Bonchev–Trinajstić information content (AvgIpc) is 3.12. The molecule has 0 bridgehead atoms. The molecule has 4 rings (SSSR count). The molecule has 3 aromatic rings. The van der Waals surface area contributed by atoms with Crippen LogP contribution in [0.15, 0.2) is 78.4 Å². The molecule has 0 radical (unpaired) electrons. The first-order valence-corrected chi connectivity index (χ1v) is 11.6. The molecule has 6 heteroatoms. The summed E-state index contributed by atoms with van der Waals surface area (Å²) in [6.45, 7) is 6.64. The number of para-hydroxylation sites is 1. The van der Waals surface area contributed by atoms with Gasteiger partial charge in [0.1, 0.15) is 17.3 Å². The number of anilines is 1. The van der Waals surface area contributed by atoms with E-state index in [0.717, 1.165) is 5.56 Å². The maximum Gasteiger partial charge on any atom is 0.300 e. The number of ketones is 1. The Kier molecular flexibility index (Phi) is 6.92. The number of aliphatic hydroxyl groups excluding tert-OH is 1. The van der Waals surface area contributed by atoms with Gasteiger partial charge in [-0.05, 0) is 60.4 Å². The maximum absolute atomic E-state index is 13.3. The Balaban J connectivity index is 1.88. The number of rotatable bonds is 7. The first-order valence-electron chi connectivity index (χ1n) is 11.6. The zero-order chi connectivity index (χ0) is 25.1. The average molecular weight is 472 g/mol. The monoisotopic (exact) mass is 471 g/mol. The molecule has 1 N–H and O–H groups in total. The molecular formula is C29H29NO5. The van der Waals surface area contributed by atoms with Crippen molar-refractivity contribution < 1.29 is 24.2 Å². The fraction of sp³-hybridized carbons (Fsp3) is 0.241. The van der Waals surface area contributed by atoms with Crippen LogP contribution in [0.5, 0.6) is 11.5 Å². The Labute approximate surface area is 205 Å². The summed E-state index contributed by atoms with van der Waals surface area (Å²) in [5, 5.41) is 11.3. The normalized spacial score (nSPS) is 17.2. The number of carbonyl (C=O) groups excluding carboxylic acids is 2. The maximum atomic E-state index is 13.3. The van der Waals surface area contributed by atoms with Gasteiger partial charge in [0.05, 0.1) is 30.9 Å². The van der Waals surface area contributed by atoms with E-state index in [1.807, 2.05) is 49.4 Å². The van der Waals surface area contributed by atoms with Gasteiger partial charge in [0.2, 0.25) is 0 Å². The highest BCUT2D eigenvalue weighted by Gasteiger charge is 2.47. The van der Waals surface area contributed by atoms with E-state index in [1.165, 1.54) is 12.0 Å². The second-order valence-electron chi connectivity index (χ2n) is 8.98. The minimum absolute atomic E-state index is 0.0110. The minimum Gasteiger partial charge on any atom is -0.507 e. The van der Waals surface area contributed by atoms with Crippen LogP contribution in [0.3, 0.4) is 0 Å². The predicted molar refractivity (Wildman–Crippen MR) is 136 cm³/mol. The molecule has 6 nitrogen and oxygen atoms in total. The van der Waals surface area contributed by atoms with E-state index in [-0.39, 0.29) is 11.3 Å². The second kappa shape index (κ2) is 10.1. The quantitative estimate of drug-likeness (QED) is 0.273. The fourth-order valence-corrected chi connectivity index (χ4v) is 4.19. The summed E-state index contributed by atoms with van der Waals surface area (Å²) < 4.78 is 11.2. The summed E-state index contributed by atoms with van der Waals surface area (Å²) in [4.78, 5) is 28.1. The van der Waals surface area contributed by atoms with Crippen LogP contribution >= 0.6 is 0 Å². The number of aryl methyl sites for hydroxylation is 1. The van der Waals surface area contributed by atoms with Crippen molar-refractivity contribution in [2.24, 2.45) is 5.92 Å². The molecule has 180 valence electrons. The molecular weight excluding hydrogens is 442 g/mol. The van der Waals surface area contributed by atoms with Crippen LogP contribution < -0.4 is 14.4 Å². The van der Waals surface area contributed by atoms with E-state index in [2.05, 4.69) is 13.8 Å². The van der Waals surface area contributed by atoms with Crippen LogP contribution in [-0.2, 0) is 9.59 Å². The van der Waals surface area contributed by atoms with E-state index >= 15 is 0 Å². The summed E-state index contributed by atoms with van der Waals surface area (Å²) >= 11 is 0. The predicted octanol–water partition coefficient (Wildman–Crippen LogP) is 5.66. The van der Waals surface area contributed by atoms with Gasteiger partial charge in [-0.2, -0.15) is 0 Å². The van der Waals surface area contributed by atoms with Gasteiger partial charge in [-0.15, -0.1) is 0 Å². The molecule has 1 heterocycles. The molecule has 1 atom stereocenters. The third kappa shape index (κ3) is 4.78. The molecule has 1 unspecified atom stereocenters. The number of nitrogens with zero attached hydrogens (tertiary/aromatic N) is 1. The molecule has 0 spiro atoms. The summed E-state index contributed by atoms with van der Waals surface area (Å²) in [7, 11) is 1.49. The molecule has 1 aliphatic heterocycles. The highest BCUT2D eigenvalue weighted by atomic mass is 16.5. The number of hydrogen-bond donors (Lipinski definition) is 1. The SMILES string of the molecule is COc1ccccc1/C(O)=C1\C(=O)C(=O)N(c2cccc(C)c2)C1c1ccc(OCC(C)C)cc1. The Bertz CT molecular complexity index is 1280. The summed E-state index contributed by atoms with van der Waals surface area (Å²) in [6.07, 6.45) is 0. The lowest BCUT2D eigenvalue weighted by Gasteiger charge is -2.26. The van der Waals surface area contributed by atoms with Crippen molar-refractivity contribution in [1.29, 1.82) is 0 Å². The van der Waals surface area contributed by atoms with Crippen LogP contribution in [-0.4, -0.2) is 30.5 Å². The Hall–Kier alpha value is -4.06. The molecule has 0 saturated carbocycles.